The standard InChI is InChI=1S/C27H23NO2/c29-27(20-24(21-12-4-1-5-13-21)22-14-6-2-7-15-22)28-25-18-10-11-19-26(25)30-23-16-8-3-9-17-23/h1-19,24H,20H2,(H,28,29). The first-order chi connectivity index (χ1) is 14.8. The van der Waals surface area contributed by atoms with E-state index in [0.29, 0.717) is 17.9 Å². The SMILES string of the molecule is O=C(CC(c1ccccc1)c1ccccc1)Nc1ccccc1Oc1ccccc1. The molecule has 0 saturated carbocycles. The highest BCUT2D eigenvalue weighted by Gasteiger charge is 2.19. The second kappa shape index (κ2) is 9.57. The molecule has 0 atom stereocenters. The highest BCUT2D eigenvalue weighted by atomic mass is 16.5. The number of ether oxygens (including phenoxy) is 1. The molecule has 30 heavy (non-hydrogen) atoms. The van der Waals surface area contributed by atoms with Gasteiger partial charge < -0.3 is 10.1 Å². The molecule has 0 aliphatic carbocycles. The first-order valence-corrected chi connectivity index (χ1v) is 10.0. The van der Waals surface area contributed by atoms with Gasteiger partial charge in [-0.15, -0.1) is 0 Å². The van der Waals surface area contributed by atoms with Gasteiger partial charge in [0.15, 0.2) is 5.75 Å². The van der Waals surface area contributed by atoms with E-state index in [4.69, 9.17) is 4.74 Å². The number of anilines is 1. The Hall–Kier alpha value is -3.85. The van der Waals surface area contributed by atoms with Crippen molar-refractivity contribution >= 4 is 11.6 Å². The van der Waals surface area contributed by atoms with Crippen molar-refractivity contribution in [3.05, 3.63) is 126 Å². The average Bonchev–Trinajstić information content (AvgIpc) is 2.81. The van der Waals surface area contributed by atoms with Crippen molar-refractivity contribution in [1.82, 2.24) is 0 Å². The fourth-order valence-electron chi connectivity index (χ4n) is 3.46. The quantitative estimate of drug-likeness (QED) is 0.382. The van der Waals surface area contributed by atoms with Crippen molar-refractivity contribution in [2.24, 2.45) is 0 Å². The Labute approximate surface area is 177 Å². The summed E-state index contributed by atoms with van der Waals surface area (Å²) in [5.74, 6) is 1.27. The van der Waals surface area contributed by atoms with Gasteiger partial charge in [0.05, 0.1) is 5.69 Å². The predicted molar refractivity (Wildman–Crippen MR) is 121 cm³/mol. The molecule has 0 fully saturated rings. The van der Waals surface area contributed by atoms with Crippen LogP contribution in [0.3, 0.4) is 0 Å². The summed E-state index contributed by atoms with van der Waals surface area (Å²) < 4.78 is 5.97. The molecule has 0 spiro atoms. The summed E-state index contributed by atoms with van der Waals surface area (Å²) in [6.07, 6.45) is 0.341. The number of rotatable bonds is 7. The van der Waals surface area contributed by atoms with Crippen LogP contribution in [0.1, 0.15) is 23.5 Å². The number of carbonyl (C=O) groups excluding carboxylic acids is 1. The van der Waals surface area contributed by atoms with E-state index in [0.717, 1.165) is 16.9 Å². The first-order valence-electron chi connectivity index (χ1n) is 10.0. The molecule has 4 aromatic carbocycles. The summed E-state index contributed by atoms with van der Waals surface area (Å²) in [4.78, 5) is 13.0. The number of carbonyl (C=O) groups is 1. The third-order valence-electron chi connectivity index (χ3n) is 4.93. The minimum Gasteiger partial charge on any atom is -0.455 e. The lowest BCUT2D eigenvalue weighted by molar-refractivity contribution is -0.116. The smallest absolute Gasteiger partial charge is 0.225 e. The molecule has 1 amide bonds. The Morgan fingerprint density at radius 1 is 0.667 bits per heavy atom. The van der Waals surface area contributed by atoms with E-state index in [1.807, 2.05) is 91.0 Å². The summed E-state index contributed by atoms with van der Waals surface area (Å²) in [6.45, 7) is 0. The van der Waals surface area contributed by atoms with Gasteiger partial charge in [-0.05, 0) is 35.4 Å². The molecular formula is C27H23NO2. The van der Waals surface area contributed by atoms with Crippen LogP contribution in [0.2, 0.25) is 0 Å². The number of benzene rings is 4. The lowest BCUT2D eigenvalue weighted by atomic mass is 9.88. The van der Waals surface area contributed by atoms with E-state index in [1.54, 1.807) is 0 Å². The molecule has 0 bridgehead atoms. The molecule has 0 aromatic heterocycles. The van der Waals surface area contributed by atoms with Crippen molar-refractivity contribution in [3.63, 3.8) is 0 Å². The molecule has 4 rings (SSSR count). The van der Waals surface area contributed by atoms with E-state index >= 15 is 0 Å². The zero-order chi connectivity index (χ0) is 20.6. The van der Waals surface area contributed by atoms with E-state index in [1.165, 1.54) is 0 Å². The van der Waals surface area contributed by atoms with Crippen LogP contribution < -0.4 is 10.1 Å². The fraction of sp³-hybridized carbons (Fsp3) is 0.0741. The molecule has 0 aliphatic heterocycles. The summed E-state index contributed by atoms with van der Waals surface area (Å²) in [5.41, 5.74) is 2.89. The third-order valence-corrected chi connectivity index (χ3v) is 4.93. The summed E-state index contributed by atoms with van der Waals surface area (Å²) in [7, 11) is 0. The van der Waals surface area contributed by atoms with Gasteiger partial charge in [0.25, 0.3) is 0 Å². The molecule has 0 aliphatic rings. The molecular weight excluding hydrogens is 370 g/mol. The van der Waals surface area contributed by atoms with Gasteiger partial charge in [-0.25, -0.2) is 0 Å². The van der Waals surface area contributed by atoms with Crippen molar-refractivity contribution in [3.8, 4) is 11.5 Å². The van der Waals surface area contributed by atoms with E-state index in [2.05, 4.69) is 29.6 Å². The Balaban J connectivity index is 1.53. The Bertz CT molecular complexity index is 1040. The van der Waals surface area contributed by atoms with Gasteiger partial charge >= 0.3 is 0 Å². The second-order valence-electron chi connectivity index (χ2n) is 7.04. The molecule has 0 radical (unpaired) electrons. The van der Waals surface area contributed by atoms with Crippen LogP contribution in [0, 0.1) is 0 Å². The zero-order valence-electron chi connectivity index (χ0n) is 16.6. The lowest BCUT2D eigenvalue weighted by Crippen LogP contribution is -2.17. The number of nitrogens with one attached hydrogen (secondary N) is 1. The summed E-state index contributed by atoms with van der Waals surface area (Å²) in [5, 5.41) is 3.04. The number of hydrogen-bond acceptors (Lipinski definition) is 2. The third kappa shape index (κ3) is 4.95. The number of para-hydroxylation sites is 3. The summed E-state index contributed by atoms with van der Waals surface area (Å²) in [6, 6.07) is 37.3. The zero-order valence-corrected chi connectivity index (χ0v) is 16.6. The van der Waals surface area contributed by atoms with Crippen LogP contribution in [-0.2, 0) is 4.79 Å². The maximum Gasteiger partial charge on any atom is 0.225 e. The van der Waals surface area contributed by atoms with E-state index in [-0.39, 0.29) is 11.8 Å². The highest BCUT2D eigenvalue weighted by molar-refractivity contribution is 5.93. The van der Waals surface area contributed by atoms with E-state index in [9.17, 15) is 4.79 Å². The van der Waals surface area contributed by atoms with Crippen LogP contribution in [-0.4, -0.2) is 5.91 Å². The van der Waals surface area contributed by atoms with Gasteiger partial charge in [-0.1, -0.05) is 91.0 Å². The minimum atomic E-state index is -0.0585. The van der Waals surface area contributed by atoms with Crippen LogP contribution >= 0.6 is 0 Å². The molecule has 148 valence electrons. The molecule has 3 heteroatoms. The van der Waals surface area contributed by atoms with Gasteiger partial charge in [-0.3, -0.25) is 4.79 Å². The Morgan fingerprint density at radius 3 is 1.77 bits per heavy atom. The molecule has 4 aromatic rings. The van der Waals surface area contributed by atoms with Crippen LogP contribution in [0.5, 0.6) is 11.5 Å². The molecule has 0 saturated heterocycles. The summed E-state index contributed by atoms with van der Waals surface area (Å²) >= 11 is 0. The largest absolute Gasteiger partial charge is 0.455 e. The van der Waals surface area contributed by atoms with Gasteiger partial charge in [0.1, 0.15) is 5.75 Å². The Kier molecular flexibility index (Phi) is 6.21. The first kappa shape index (κ1) is 19.5. The topological polar surface area (TPSA) is 38.3 Å². The normalized spacial score (nSPS) is 10.6. The number of hydrogen-bond donors (Lipinski definition) is 1. The molecule has 3 nitrogen and oxygen atoms in total. The number of amides is 1. The highest BCUT2D eigenvalue weighted by Crippen LogP contribution is 2.31. The maximum absolute atomic E-state index is 13.0. The minimum absolute atomic E-state index is 0.0189. The second-order valence-corrected chi connectivity index (χ2v) is 7.04. The molecule has 0 heterocycles. The van der Waals surface area contributed by atoms with Crippen molar-refractivity contribution in [2.45, 2.75) is 12.3 Å². The van der Waals surface area contributed by atoms with Crippen molar-refractivity contribution < 1.29 is 9.53 Å². The lowest BCUT2D eigenvalue weighted by Gasteiger charge is -2.18. The van der Waals surface area contributed by atoms with Crippen LogP contribution in [0.25, 0.3) is 0 Å². The Morgan fingerprint density at radius 2 is 1.17 bits per heavy atom. The van der Waals surface area contributed by atoms with E-state index < -0.39 is 0 Å². The van der Waals surface area contributed by atoms with Crippen molar-refractivity contribution in [1.29, 1.82) is 0 Å². The monoisotopic (exact) mass is 393 g/mol. The van der Waals surface area contributed by atoms with Crippen molar-refractivity contribution in [2.75, 3.05) is 5.32 Å². The average molecular weight is 393 g/mol. The van der Waals surface area contributed by atoms with Crippen LogP contribution in [0.15, 0.2) is 115 Å². The van der Waals surface area contributed by atoms with Gasteiger partial charge in [0.2, 0.25) is 5.91 Å². The fourth-order valence-corrected chi connectivity index (χ4v) is 3.46. The molecule has 1 N–H and O–H groups in total. The van der Waals surface area contributed by atoms with Gasteiger partial charge in [-0.2, -0.15) is 0 Å². The van der Waals surface area contributed by atoms with Gasteiger partial charge in [0, 0.05) is 12.3 Å². The molecule has 0 unspecified atom stereocenters. The predicted octanol–water partition coefficient (Wildman–Crippen LogP) is 6.64. The van der Waals surface area contributed by atoms with Crippen LogP contribution in [0.4, 0.5) is 5.69 Å². The maximum atomic E-state index is 13.0.